The topological polar surface area (TPSA) is 193 Å². The first-order valence-electron chi connectivity index (χ1n) is 36.0. The highest BCUT2D eigenvalue weighted by Gasteiger charge is 2.19. The third-order valence-corrected chi connectivity index (χ3v) is 16.8. The number of allylic oxidation sites excluding steroid dienone is 4. The summed E-state index contributed by atoms with van der Waals surface area (Å²) in [6.45, 7) is 19.2. The Kier molecular flexibility index (Phi) is 66.6. The standard InChI is InChI=1S/C70H144N10O2/c1-3-5-7-9-11-13-15-17-19-21-23-25-27-29-31-37-61-79(65-45-59-77-69(81)67(47-33-35-51-71)49-41-55-75-57-43-53-73)63-39-40-64-80(62-38-32-30-28-26-24-22-20-18-16-14-12-10-8-6-4-2)66-46-60-78-70(82)68(48-34-36-52-72)50-42-56-76-58-44-54-74/h17-20,67-68,75-76H,3-16,21-66,71-74H2,1-2H3,(H,77,81)(H,78,82)/b19-17+,20-18+. The molecule has 0 radical (unpaired) electrons. The summed E-state index contributed by atoms with van der Waals surface area (Å²) in [5.74, 6) is 0.572. The molecule has 0 heterocycles. The van der Waals surface area contributed by atoms with Crippen molar-refractivity contribution in [3.8, 4) is 0 Å². The maximum Gasteiger partial charge on any atom is 0.223 e. The van der Waals surface area contributed by atoms with Gasteiger partial charge in [0.1, 0.15) is 0 Å². The lowest BCUT2D eigenvalue weighted by molar-refractivity contribution is -0.126. The number of hydrogen-bond donors (Lipinski definition) is 8. The SMILES string of the molecule is CCCCCCCC/C=C/CCCCCCCCN(CCCCN(CCCCCCCC/C=C/CCCCCCCC)CCCNC(=O)C(CCCCN)CCCNCCCN)CCCNC(=O)C(CCCCN)CCCNCCCN. The predicted octanol–water partition coefficient (Wildman–Crippen LogP) is 14.4. The fourth-order valence-corrected chi connectivity index (χ4v) is 11.4. The molecule has 0 rings (SSSR count). The van der Waals surface area contributed by atoms with Crippen LogP contribution in [0, 0.1) is 11.8 Å². The molecule has 82 heavy (non-hydrogen) atoms. The van der Waals surface area contributed by atoms with Gasteiger partial charge in [-0.3, -0.25) is 9.59 Å². The van der Waals surface area contributed by atoms with Crippen LogP contribution in [0.1, 0.15) is 296 Å². The molecule has 2 amide bonds. The van der Waals surface area contributed by atoms with Crippen molar-refractivity contribution < 1.29 is 9.59 Å². The molecule has 0 saturated carbocycles. The Morgan fingerprint density at radius 3 is 0.902 bits per heavy atom. The first-order chi connectivity index (χ1) is 40.5. The van der Waals surface area contributed by atoms with Crippen LogP contribution < -0.4 is 44.2 Å². The van der Waals surface area contributed by atoms with Crippen LogP contribution in [0.2, 0.25) is 0 Å². The molecule has 486 valence electrons. The van der Waals surface area contributed by atoms with Gasteiger partial charge in [-0.1, -0.05) is 167 Å². The van der Waals surface area contributed by atoms with Crippen molar-refractivity contribution >= 4 is 11.8 Å². The minimum absolute atomic E-state index is 0.0593. The Hall–Kier alpha value is -1.90. The van der Waals surface area contributed by atoms with Crippen LogP contribution in [0.15, 0.2) is 24.3 Å². The summed E-state index contributed by atoms with van der Waals surface area (Å²) >= 11 is 0. The molecule has 12 nitrogen and oxygen atoms in total. The largest absolute Gasteiger partial charge is 0.356 e. The van der Waals surface area contributed by atoms with Gasteiger partial charge in [-0.25, -0.2) is 0 Å². The lowest BCUT2D eigenvalue weighted by Gasteiger charge is -2.25. The summed E-state index contributed by atoms with van der Waals surface area (Å²) < 4.78 is 0. The van der Waals surface area contributed by atoms with Gasteiger partial charge in [0.2, 0.25) is 11.8 Å². The molecule has 0 aromatic carbocycles. The van der Waals surface area contributed by atoms with Crippen molar-refractivity contribution in [2.45, 2.75) is 296 Å². The molecule has 0 fully saturated rings. The van der Waals surface area contributed by atoms with Gasteiger partial charge in [-0.15, -0.1) is 0 Å². The van der Waals surface area contributed by atoms with E-state index in [9.17, 15) is 9.59 Å². The minimum Gasteiger partial charge on any atom is -0.356 e. The molecule has 12 heteroatoms. The third kappa shape index (κ3) is 58.5. The Labute approximate surface area is 510 Å². The number of nitrogens with two attached hydrogens (primary N) is 4. The van der Waals surface area contributed by atoms with Crippen LogP contribution in [0.25, 0.3) is 0 Å². The highest BCUT2D eigenvalue weighted by atomic mass is 16.2. The molecule has 12 N–H and O–H groups in total. The molecule has 0 aliphatic heterocycles. The van der Waals surface area contributed by atoms with Gasteiger partial charge in [0.15, 0.2) is 0 Å². The zero-order valence-corrected chi connectivity index (χ0v) is 54.9. The first-order valence-corrected chi connectivity index (χ1v) is 36.0. The highest BCUT2D eigenvalue weighted by molar-refractivity contribution is 5.79. The molecular weight excluding hydrogens is 1010 g/mol. The van der Waals surface area contributed by atoms with Crippen LogP contribution in [0.4, 0.5) is 0 Å². The van der Waals surface area contributed by atoms with Crippen molar-refractivity contribution in [1.82, 2.24) is 31.1 Å². The number of unbranched alkanes of at least 4 members (excludes halogenated alkanes) is 27. The van der Waals surface area contributed by atoms with Gasteiger partial charge in [0.05, 0.1) is 0 Å². The molecule has 0 bridgehead atoms. The summed E-state index contributed by atoms with van der Waals surface area (Å²) in [6, 6.07) is 0. The highest BCUT2D eigenvalue weighted by Crippen LogP contribution is 2.18. The van der Waals surface area contributed by atoms with E-state index < -0.39 is 0 Å². The lowest BCUT2D eigenvalue weighted by Crippen LogP contribution is -2.35. The van der Waals surface area contributed by atoms with Gasteiger partial charge >= 0.3 is 0 Å². The molecule has 0 aliphatic carbocycles. The fraction of sp³-hybridized carbons (Fsp3) is 0.914. The van der Waals surface area contributed by atoms with E-state index in [1.54, 1.807) is 0 Å². The van der Waals surface area contributed by atoms with Gasteiger partial charge in [-0.2, -0.15) is 0 Å². The lowest BCUT2D eigenvalue weighted by atomic mass is 9.95. The van der Waals surface area contributed by atoms with E-state index in [4.69, 9.17) is 22.9 Å². The fourth-order valence-electron chi connectivity index (χ4n) is 11.4. The Morgan fingerprint density at radius 2 is 0.573 bits per heavy atom. The molecule has 2 unspecified atom stereocenters. The predicted molar refractivity (Wildman–Crippen MR) is 361 cm³/mol. The second-order valence-corrected chi connectivity index (χ2v) is 24.6. The number of nitrogens with one attached hydrogen (secondary N) is 4. The zero-order chi connectivity index (χ0) is 59.5. The molecule has 0 aromatic rings. The maximum absolute atomic E-state index is 13.5. The van der Waals surface area contributed by atoms with Crippen molar-refractivity contribution in [1.29, 1.82) is 0 Å². The zero-order valence-electron chi connectivity index (χ0n) is 54.9. The van der Waals surface area contributed by atoms with E-state index in [1.165, 1.54) is 193 Å². The van der Waals surface area contributed by atoms with Crippen molar-refractivity contribution in [3.63, 3.8) is 0 Å². The van der Waals surface area contributed by atoms with E-state index in [-0.39, 0.29) is 23.7 Å². The Balaban J connectivity index is 5.46. The molecule has 0 aromatic heterocycles. The quantitative estimate of drug-likeness (QED) is 0.0215. The monoisotopic (exact) mass is 1160 g/mol. The van der Waals surface area contributed by atoms with Crippen molar-refractivity contribution in [2.24, 2.45) is 34.8 Å². The molecular formula is C70H144N10O2. The first kappa shape index (κ1) is 80.1. The number of carbonyl (C=O) groups excluding carboxylic acids is 2. The Bertz CT molecular complexity index is 1240. The number of amides is 2. The smallest absolute Gasteiger partial charge is 0.223 e. The van der Waals surface area contributed by atoms with E-state index in [0.29, 0.717) is 26.2 Å². The number of carbonyl (C=O) groups is 2. The minimum atomic E-state index is 0.0593. The number of hydrogen-bond acceptors (Lipinski definition) is 10. The summed E-state index contributed by atoms with van der Waals surface area (Å²) in [5.41, 5.74) is 23.1. The summed E-state index contributed by atoms with van der Waals surface area (Å²) in [7, 11) is 0. The van der Waals surface area contributed by atoms with E-state index in [2.05, 4.69) is 69.2 Å². The molecule has 0 aliphatic rings. The molecule has 0 saturated heterocycles. The van der Waals surface area contributed by atoms with Crippen LogP contribution in [0.5, 0.6) is 0 Å². The maximum atomic E-state index is 13.5. The summed E-state index contributed by atoms with van der Waals surface area (Å²) in [4.78, 5) is 32.5. The average molecular weight is 1160 g/mol. The van der Waals surface area contributed by atoms with Gasteiger partial charge < -0.3 is 54.0 Å². The third-order valence-electron chi connectivity index (χ3n) is 16.8. The second kappa shape index (κ2) is 68.2. The van der Waals surface area contributed by atoms with Gasteiger partial charge in [0.25, 0.3) is 0 Å². The summed E-state index contributed by atoms with van der Waals surface area (Å²) in [6.07, 6.45) is 63.0. The average Bonchev–Trinajstić information content (AvgIpc) is 3.48. The normalized spacial score (nSPS) is 12.7. The van der Waals surface area contributed by atoms with Crippen LogP contribution >= 0.6 is 0 Å². The van der Waals surface area contributed by atoms with Crippen LogP contribution in [-0.2, 0) is 9.59 Å². The van der Waals surface area contributed by atoms with Gasteiger partial charge in [-0.05, 0) is 246 Å². The van der Waals surface area contributed by atoms with Crippen molar-refractivity contribution in [3.05, 3.63) is 24.3 Å². The van der Waals surface area contributed by atoms with Gasteiger partial charge in [0, 0.05) is 24.9 Å². The van der Waals surface area contributed by atoms with Crippen LogP contribution in [0.3, 0.4) is 0 Å². The van der Waals surface area contributed by atoms with E-state index in [1.807, 2.05) is 0 Å². The van der Waals surface area contributed by atoms with E-state index >= 15 is 0 Å². The van der Waals surface area contributed by atoms with Crippen molar-refractivity contribution in [2.75, 3.05) is 105 Å². The summed E-state index contributed by atoms with van der Waals surface area (Å²) in [5, 5.41) is 13.7. The van der Waals surface area contributed by atoms with E-state index in [0.717, 1.165) is 168 Å². The molecule has 0 spiro atoms. The second-order valence-electron chi connectivity index (χ2n) is 24.6. The molecule has 2 atom stereocenters. The van der Waals surface area contributed by atoms with Crippen LogP contribution in [-0.4, -0.2) is 126 Å². The number of rotatable bonds is 69. The Morgan fingerprint density at radius 1 is 0.305 bits per heavy atom. The number of nitrogens with zero attached hydrogens (tertiary/aromatic N) is 2.